The maximum Gasteiger partial charge on any atom is 0.245 e. The van der Waals surface area contributed by atoms with Crippen LogP contribution in [-0.2, 0) is 9.59 Å². The van der Waals surface area contributed by atoms with Crippen LogP contribution in [0.4, 0.5) is 0 Å². The van der Waals surface area contributed by atoms with Gasteiger partial charge in [0.15, 0.2) is 0 Å². The molecular weight excluding hydrogens is 266 g/mol. The highest BCUT2D eigenvalue weighted by molar-refractivity contribution is 5.92. The van der Waals surface area contributed by atoms with Gasteiger partial charge in [0, 0.05) is 19.0 Å². The van der Waals surface area contributed by atoms with Crippen molar-refractivity contribution in [3.63, 3.8) is 0 Å². The van der Waals surface area contributed by atoms with E-state index in [1.807, 2.05) is 14.0 Å². The average Bonchev–Trinajstić information content (AvgIpc) is 2.48. The molecule has 5 nitrogen and oxygen atoms in total. The van der Waals surface area contributed by atoms with Crippen molar-refractivity contribution >= 4 is 11.8 Å². The third kappa shape index (κ3) is 5.30. The number of nitrogens with one attached hydrogen (secondary N) is 3. The highest BCUT2D eigenvalue weighted by atomic mass is 16.2. The van der Waals surface area contributed by atoms with Crippen molar-refractivity contribution < 1.29 is 9.59 Å². The monoisotopic (exact) mass is 297 g/mol. The number of unbranched alkanes of at least 4 members (excludes halogenated alkanes) is 1. The Labute approximate surface area is 128 Å². The molecule has 3 N–H and O–H groups in total. The van der Waals surface area contributed by atoms with Gasteiger partial charge in [0.05, 0.1) is 0 Å². The van der Waals surface area contributed by atoms with Gasteiger partial charge in [-0.2, -0.15) is 0 Å². The molecule has 1 rings (SSSR count). The van der Waals surface area contributed by atoms with Crippen LogP contribution in [0.3, 0.4) is 0 Å². The lowest BCUT2D eigenvalue weighted by atomic mass is 9.80. The molecule has 1 fully saturated rings. The lowest BCUT2D eigenvalue weighted by Crippen LogP contribution is -2.61. The predicted molar refractivity (Wildman–Crippen MR) is 85.0 cm³/mol. The third-order valence-corrected chi connectivity index (χ3v) is 4.28. The fourth-order valence-electron chi connectivity index (χ4n) is 2.87. The minimum atomic E-state index is -0.689. The van der Waals surface area contributed by atoms with Gasteiger partial charge in [-0.3, -0.25) is 9.59 Å². The summed E-state index contributed by atoms with van der Waals surface area (Å²) in [5.41, 5.74) is -0.689. The molecule has 1 unspecified atom stereocenters. The second-order valence-electron chi connectivity index (χ2n) is 6.20. The van der Waals surface area contributed by atoms with Crippen LogP contribution in [0.1, 0.15) is 58.8 Å². The van der Waals surface area contributed by atoms with Crippen LogP contribution in [0.5, 0.6) is 0 Å². The first-order valence-electron chi connectivity index (χ1n) is 8.30. The summed E-state index contributed by atoms with van der Waals surface area (Å²) in [7, 11) is 1.83. The first kappa shape index (κ1) is 18.0. The molecule has 1 aliphatic rings. The smallest absolute Gasteiger partial charge is 0.245 e. The molecule has 5 heteroatoms. The number of hydrogen-bond acceptors (Lipinski definition) is 3. The van der Waals surface area contributed by atoms with Gasteiger partial charge in [-0.1, -0.05) is 39.5 Å². The van der Waals surface area contributed by atoms with E-state index in [1.54, 1.807) is 0 Å². The lowest BCUT2D eigenvalue weighted by molar-refractivity contribution is -0.136. The van der Waals surface area contributed by atoms with Gasteiger partial charge in [-0.15, -0.1) is 0 Å². The first-order chi connectivity index (χ1) is 10.1. The molecule has 122 valence electrons. The number of hydrogen-bond donors (Lipinski definition) is 3. The summed E-state index contributed by atoms with van der Waals surface area (Å²) >= 11 is 0. The van der Waals surface area contributed by atoms with E-state index in [0.29, 0.717) is 13.1 Å². The van der Waals surface area contributed by atoms with Gasteiger partial charge in [0.25, 0.3) is 0 Å². The third-order valence-electron chi connectivity index (χ3n) is 4.28. The molecule has 2 amide bonds. The van der Waals surface area contributed by atoms with Crippen LogP contribution in [0.2, 0.25) is 0 Å². The van der Waals surface area contributed by atoms with Crippen molar-refractivity contribution in [2.75, 3.05) is 20.1 Å². The van der Waals surface area contributed by atoms with E-state index in [9.17, 15) is 9.59 Å². The van der Waals surface area contributed by atoms with Gasteiger partial charge < -0.3 is 16.0 Å². The molecule has 0 spiro atoms. The highest BCUT2D eigenvalue weighted by Crippen LogP contribution is 2.29. The molecule has 0 aromatic rings. The molecule has 0 radical (unpaired) electrons. The molecule has 21 heavy (non-hydrogen) atoms. The van der Waals surface area contributed by atoms with Crippen LogP contribution in [0.15, 0.2) is 0 Å². The van der Waals surface area contributed by atoms with Crippen molar-refractivity contribution in [1.82, 2.24) is 16.0 Å². The van der Waals surface area contributed by atoms with E-state index in [2.05, 4.69) is 22.9 Å². The van der Waals surface area contributed by atoms with Crippen LogP contribution in [0, 0.1) is 5.92 Å². The fraction of sp³-hybridized carbons (Fsp3) is 0.875. The summed E-state index contributed by atoms with van der Waals surface area (Å²) in [5.74, 6) is -0.158. The Hall–Kier alpha value is -1.10. The normalized spacial score (nSPS) is 18.8. The summed E-state index contributed by atoms with van der Waals surface area (Å²) in [6.07, 6.45) is 6.69. The van der Waals surface area contributed by atoms with Crippen LogP contribution in [-0.4, -0.2) is 37.5 Å². The molecule has 1 saturated carbocycles. The van der Waals surface area contributed by atoms with Crippen molar-refractivity contribution in [2.24, 2.45) is 5.92 Å². The molecule has 0 heterocycles. The Morgan fingerprint density at radius 2 is 1.86 bits per heavy atom. The van der Waals surface area contributed by atoms with Gasteiger partial charge in [-0.25, -0.2) is 0 Å². The zero-order chi connectivity index (χ0) is 15.7. The summed E-state index contributed by atoms with van der Waals surface area (Å²) < 4.78 is 0. The van der Waals surface area contributed by atoms with Crippen LogP contribution in [0.25, 0.3) is 0 Å². The van der Waals surface area contributed by atoms with Crippen LogP contribution >= 0.6 is 0 Å². The highest BCUT2D eigenvalue weighted by Gasteiger charge is 2.41. The summed E-state index contributed by atoms with van der Waals surface area (Å²) in [6, 6.07) is 0. The quantitative estimate of drug-likeness (QED) is 0.596. The van der Waals surface area contributed by atoms with Gasteiger partial charge >= 0.3 is 0 Å². The first-order valence-corrected chi connectivity index (χ1v) is 8.30. The zero-order valence-corrected chi connectivity index (χ0v) is 13.8. The van der Waals surface area contributed by atoms with Crippen molar-refractivity contribution in [2.45, 2.75) is 64.3 Å². The summed E-state index contributed by atoms with van der Waals surface area (Å²) in [4.78, 5) is 24.9. The average molecular weight is 297 g/mol. The Kier molecular flexibility index (Phi) is 7.72. The molecule has 1 aliphatic carbocycles. The fourth-order valence-corrected chi connectivity index (χ4v) is 2.87. The van der Waals surface area contributed by atoms with Gasteiger partial charge in [-0.05, 0) is 26.3 Å². The number of carbonyl (C=O) groups is 2. The number of rotatable bonds is 8. The molecular formula is C16H31N3O2. The van der Waals surface area contributed by atoms with Crippen molar-refractivity contribution in [1.29, 1.82) is 0 Å². The minimum absolute atomic E-state index is 0.000609. The van der Waals surface area contributed by atoms with Crippen molar-refractivity contribution in [3.8, 4) is 0 Å². The van der Waals surface area contributed by atoms with E-state index >= 15 is 0 Å². The molecule has 0 bridgehead atoms. The zero-order valence-electron chi connectivity index (χ0n) is 13.8. The van der Waals surface area contributed by atoms with E-state index in [0.717, 1.165) is 44.9 Å². The lowest BCUT2D eigenvalue weighted by Gasteiger charge is -2.37. The van der Waals surface area contributed by atoms with Crippen molar-refractivity contribution in [3.05, 3.63) is 0 Å². The standard InChI is InChI=1S/C16H31N3O2/c1-4-5-11-18-15(21)16(9-7-6-8-10-16)19-14(20)13(2)12-17-3/h13,17H,4-12H2,1-3H3,(H,18,21)(H,19,20). The maximum atomic E-state index is 12.6. The van der Waals surface area contributed by atoms with Gasteiger partial charge in [0.1, 0.15) is 5.54 Å². The second-order valence-corrected chi connectivity index (χ2v) is 6.20. The Bertz CT molecular complexity index is 338. The topological polar surface area (TPSA) is 70.2 Å². The number of carbonyl (C=O) groups excluding carboxylic acids is 2. The molecule has 0 saturated heterocycles. The minimum Gasteiger partial charge on any atom is -0.354 e. The van der Waals surface area contributed by atoms with E-state index in [-0.39, 0.29) is 17.7 Å². The summed E-state index contributed by atoms with van der Waals surface area (Å²) in [6.45, 7) is 5.31. The van der Waals surface area contributed by atoms with E-state index < -0.39 is 5.54 Å². The molecule has 0 aromatic carbocycles. The second kappa shape index (κ2) is 9.03. The SMILES string of the molecule is CCCCNC(=O)C1(NC(=O)C(C)CNC)CCCCC1. The Balaban J connectivity index is 2.69. The Morgan fingerprint density at radius 3 is 2.43 bits per heavy atom. The molecule has 0 aromatic heterocycles. The van der Waals surface area contributed by atoms with E-state index in [4.69, 9.17) is 0 Å². The van der Waals surface area contributed by atoms with E-state index in [1.165, 1.54) is 0 Å². The Morgan fingerprint density at radius 1 is 1.19 bits per heavy atom. The number of amides is 2. The van der Waals surface area contributed by atoms with Gasteiger partial charge in [0.2, 0.25) is 11.8 Å². The predicted octanol–water partition coefficient (Wildman–Crippen LogP) is 1.58. The summed E-state index contributed by atoms with van der Waals surface area (Å²) in [5, 5.41) is 9.06. The molecule has 0 aliphatic heterocycles. The largest absolute Gasteiger partial charge is 0.354 e. The molecule has 1 atom stereocenters. The van der Waals surface area contributed by atoms with Crippen LogP contribution < -0.4 is 16.0 Å². The maximum absolute atomic E-state index is 12.6.